The highest BCUT2D eigenvalue weighted by molar-refractivity contribution is 8.14. The minimum absolute atomic E-state index is 0.0330. The Bertz CT molecular complexity index is 1040. The minimum Gasteiger partial charge on any atom is -0.421 e. The van der Waals surface area contributed by atoms with Gasteiger partial charge in [0.15, 0.2) is 9.84 Å². The van der Waals surface area contributed by atoms with E-state index in [2.05, 4.69) is 6.58 Å². The highest BCUT2D eigenvalue weighted by Crippen LogP contribution is 2.26. The average molecular weight is 431 g/mol. The fourth-order valence-corrected chi connectivity index (χ4v) is 6.11. The third kappa shape index (κ3) is 5.95. The zero-order valence-electron chi connectivity index (χ0n) is 14.9. The first-order valence-electron chi connectivity index (χ1n) is 7.99. The molecule has 0 bridgehead atoms. The van der Waals surface area contributed by atoms with E-state index in [-0.39, 0.29) is 33.5 Å². The van der Waals surface area contributed by atoms with Crippen molar-refractivity contribution in [3.8, 4) is 0 Å². The van der Waals surface area contributed by atoms with Crippen molar-refractivity contribution < 1.29 is 22.0 Å². The van der Waals surface area contributed by atoms with Gasteiger partial charge in [-0.3, -0.25) is 4.79 Å². The van der Waals surface area contributed by atoms with Crippen molar-refractivity contribution in [2.45, 2.75) is 18.7 Å². The number of hydrogen-bond donors (Lipinski definition) is 0. The summed E-state index contributed by atoms with van der Waals surface area (Å²) in [4.78, 5) is 23.5. The quantitative estimate of drug-likeness (QED) is 0.360. The van der Waals surface area contributed by atoms with Crippen molar-refractivity contribution in [3.05, 3.63) is 52.2 Å². The summed E-state index contributed by atoms with van der Waals surface area (Å²) in [6, 6.07) is 4.94. The summed E-state index contributed by atoms with van der Waals surface area (Å²) in [6.07, 6.45) is 0. The molecule has 1 aromatic carbocycles. The lowest BCUT2D eigenvalue weighted by molar-refractivity contribution is -0.107. The van der Waals surface area contributed by atoms with Crippen LogP contribution in [0.3, 0.4) is 0 Å². The van der Waals surface area contributed by atoms with Crippen LogP contribution in [0.1, 0.15) is 12.5 Å². The summed E-state index contributed by atoms with van der Waals surface area (Å²) in [5.41, 5.74) is -0.119. The van der Waals surface area contributed by atoms with Gasteiger partial charge >= 0.3 is 5.63 Å². The Kier molecular flexibility index (Phi) is 7.30. The predicted molar refractivity (Wildman–Crippen MR) is 109 cm³/mol. The topological polar surface area (TPSA) is 81.4 Å². The van der Waals surface area contributed by atoms with E-state index in [1.54, 1.807) is 25.1 Å². The summed E-state index contributed by atoms with van der Waals surface area (Å²) < 4.78 is 42.7. The van der Waals surface area contributed by atoms with Crippen molar-refractivity contribution in [2.75, 3.05) is 23.0 Å². The first kappa shape index (κ1) is 21.7. The molecule has 0 saturated carbocycles. The summed E-state index contributed by atoms with van der Waals surface area (Å²) in [5, 5.41) is 0.277. The number of carbonyl (C=O) groups is 1. The zero-order chi connectivity index (χ0) is 20.2. The van der Waals surface area contributed by atoms with Crippen LogP contribution in [-0.4, -0.2) is 36.5 Å². The fraction of sp³-hybridized carbons (Fsp3) is 0.333. The molecule has 0 unspecified atom stereocenters. The van der Waals surface area contributed by atoms with E-state index < -0.39 is 21.3 Å². The lowest BCUT2D eigenvalue weighted by Crippen LogP contribution is -2.15. The van der Waals surface area contributed by atoms with Crippen LogP contribution in [-0.2, 0) is 14.6 Å². The molecule has 0 amide bonds. The van der Waals surface area contributed by atoms with Crippen LogP contribution < -0.4 is 5.63 Å². The van der Waals surface area contributed by atoms with Gasteiger partial charge in [-0.2, -0.15) is 4.39 Å². The van der Waals surface area contributed by atoms with Crippen LogP contribution in [0.25, 0.3) is 11.0 Å². The first-order chi connectivity index (χ1) is 12.6. The molecule has 9 heteroatoms. The molecule has 0 spiro atoms. The van der Waals surface area contributed by atoms with Crippen LogP contribution in [0.5, 0.6) is 0 Å². The number of aryl methyl sites for hydroxylation is 1. The Labute approximate surface area is 165 Å². The molecule has 1 aromatic heterocycles. The van der Waals surface area contributed by atoms with Gasteiger partial charge in [0.2, 0.25) is 10.9 Å². The van der Waals surface area contributed by atoms with E-state index in [1.807, 2.05) is 0 Å². The molecule has 0 N–H and O–H groups in total. The zero-order valence-corrected chi connectivity index (χ0v) is 17.4. The summed E-state index contributed by atoms with van der Waals surface area (Å²) in [6.45, 7) is 6.60. The van der Waals surface area contributed by atoms with Gasteiger partial charge in [-0.1, -0.05) is 18.3 Å². The van der Waals surface area contributed by atoms with Gasteiger partial charge in [0.25, 0.3) is 0 Å². The number of carbonyl (C=O) groups excluding carboxylic acids is 1. The average Bonchev–Trinajstić information content (AvgIpc) is 2.60. The summed E-state index contributed by atoms with van der Waals surface area (Å²) in [7, 11) is -3.28. The fourth-order valence-electron chi connectivity index (χ4n) is 2.17. The molecule has 0 aliphatic carbocycles. The van der Waals surface area contributed by atoms with Crippen molar-refractivity contribution in [1.82, 2.24) is 0 Å². The number of benzene rings is 1. The Morgan fingerprint density at radius 1 is 1.26 bits per heavy atom. The number of halogens is 1. The predicted octanol–water partition coefficient (Wildman–Crippen LogP) is 3.58. The second-order valence-corrected chi connectivity index (χ2v) is 10.4. The largest absolute Gasteiger partial charge is 0.421 e. The molecule has 27 heavy (non-hydrogen) atoms. The van der Waals surface area contributed by atoms with Crippen molar-refractivity contribution in [1.29, 1.82) is 0 Å². The Hall–Kier alpha value is -1.58. The van der Waals surface area contributed by atoms with Gasteiger partial charge in [0.05, 0.1) is 11.5 Å². The number of sulfone groups is 1. The second-order valence-electron chi connectivity index (χ2n) is 5.90. The van der Waals surface area contributed by atoms with Crippen LogP contribution in [0.4, 0.5) is 4.39 Å². The van der Waals surface area contributed by atoms with E-state index in [1.165, 1.54) is 18.7 Å². The number of thioether (sulfide) groups is 2. The summed E-state index contributed by atoms with van der Waals surface area (Å²) >= 11 is 2.27. The van der Waals surface area contributed by atoms with Crippen LogP contribution >= 0.6 is 23.5 Å². The molecule has 0 fully saturated rings. The van der Waals surface area contributed by atoms with Gasteiger partial charge < -0.3 is 4.42 Å². The van der Waals surface area contributed by atoms with Crippen molar-refractivity contribution >= 4 is 49.4 Å². The van der Waals surface area contributed by atoms with E-state index >= 15 is 0 Å². The van der Waals surface area contributed by atoms with Gasteiger partial charge in [0, 0.05) is 27.4 Å². The minimum atomic E-state index is -3.28. The lowest BCUT2D eigenvalue weighted by atomic mass is 10.1. The molecule has 1 heterocycles. The normalized spacial score (nSPS) is 11.7. The third-order valence-corrected chi connectivity index (χ3v) is 7.89. The Morgan fingerprint density at radius 3 is 2.59 bits per heavy atom. The van der Waals surface area contributed by atoms with E-state index in [0.717, 1.165) is 16.7 Å². The molecule has 0 aliphatic heterocycles. The second kappa shape index (κ2) is 9.07. The van der Waals surface area contributed by atoms with Crippen LogP contribution in [0.15, 0.2) is 44.5 Å². The van der Waals surface area contributed by atoms with Crippen molar-refractivity contribution in [3.63, 3.8) is 0 Å². The highest BCUT2D eigenvalue weighted by atomic mass is 32.2. The molecule has 0 radical (unpaired) electrons. The molecular formula is C18H19FO5S3. The van der Waals surface area contributed by atoms with Gasteiger partial charge in [0.1, 0.15) is 5.58 Å². The molecule has 0 saturated heterocycles. The molecule has 146 valence electrons. The van der Waals surface area contributed by atoms with Crippen LogP contribution in [0, 0.1) is 12.7 Å². The number of fused-ring (bicyclic) bond motifs is 1. The van der Waals surface area contributed by atoms with Gasteiger partial charge in [-0.05, 0) is 37.6 Å². The highest BCUT2D eigenvalue weighted by Gasteiger charge is 2.14. The maximum absolute atomic E-state index is 13.7. The number of hydrogen-bond acceptors (Lipinski definition) is 7. The third-order valence-electron chi connectivity index (χ3n) is 3.71. The number of rotatable bonds is 8. The Morgan fingerprint density at radius 2 is 1.93 bits per heavy atom. The van der Waals surface area contributed by atoms with E-state index in [0.29, 0.717) is 16.7 Å². The SMILES string of the molecule is C=C(C)C(=O)SCCS(=O)(=O)CCSc1ccc2oc(=O)c(F)c(C)c2c1. The molecular weight excluding hydrogens is 411 g/mol. The maximum atomic E-state index is 13.7. The van der Waals surface area contributed by atoms with Crippen LogP contribution in [0.2, 0.25) is 0 Å². The monoisotopic (exact) mass is 430 g/mol. The van der Waals surface area contributed by atoms with Gasteiger partial charge in [-0.25, -0.2) is 13.2 Å². The Balaban J connectivity index is 1.95. The van der Waals surface area contributed by atoms with E-state index in [9.17, 15) is 22.4 Å². The molecule has 0 aliphatic rings. The summed E-state index contributed by atoms with van der Waals surface area (Å²) in [5.74, 6) is -0.509. The lowest BCUT2D eigenvalue weighted by Gasteiger charge is -2.07. The van der Waals surface area contributed by atoms with Crippen molar-refractivity contribution in [2.24, 2.45) is 0 Å². The smallest absolute Gasteiger partial charge is 0.372 e. The first-order valence-corrected chi connectivity index (χ1v) is 11.8. The van der Waals surface area contributed by atoms with E-state index in [4.69, 9.17) is 4.42 Å². The molecule has 0 atom stereocenters. The molecule has 2 aromatic rings. The molecule has 2 rings (SSSR count). The molecule has 5 nitrogen and oxygen atoms in total. The maximum Gasteiger partial charge on any atom is 0.372 e. The standard InChI is InChI=1S/C18H19FO5S3/c1-11(2)18(21)26-7-9-27(22,23)8-6-25-13-4-5-15-14(10-13)12(3)16(19)17(20)24-15/h4-5,10H,1,6-9H2,2-3H3. The van der Waals surface area contributed by atoms with Gasteiger partial charge in [-0.15, -0.1) is 11.8 Å².